The molecule has 0 unspecified atom stereocenters. The minimum atomic E-state index is -0.236. The van der Waals surface area contributed by atoms with Crippen molar-refractivity contribution in [2.45, 2.75) is 19.1 Å². The number of nitrogens with one attached hydrogen (secondary N) is 2. The molecule has 166 valence electrons. The van der Waals surface area contributed by atoms with Gasteiger partial charge in [0.05, 0.1) is 17.0 Å². The van der Waals surface area contributed by atoms with Crippen molar-refractivity contribution in [2.75, 3.05) is 16.4 Å². The quantitative estimate of drug-likeness (QED) is 0.363. The van der Waals surface area contributed by atoms with E-state index < -0.39 is 0 Å². The van der Waals surface area contributed by atoms with Gasteiger partial charge in [0.15, 0.2) is 0 Å². The van der Waals surface area contributed by atoms with Crippen LogP contribution in [0.4, 0.5) is 11.4 Å². The van der Waals surface area contributed by atoms with E-state index in [-0.39, 0.29) is 28.7 Å². The number of aryl methyl sites for hydroxylation is 2. The van der Waals surface area contributed by atoms with Crippen LogP contribution in [0.1, 0.15) is 21.5 Å². The fraction of sp³-hybridized carbons (Fsp3) is 0.120. The van der Waals surface area contributed by atoms with Gasteiger partial charge in [-0.3, -0.25) is 9.59 Å². The molecule has 0 aliphatic heterocycles. The highest BCUT2D eigenvalue weighted by molar-refractivity contribution is 7.99. The van der Waals surface area contributed by atoms with Gasteiger partial charge in [0.1, 0.15) is 0 Å². The van der Waals surface area contributed by atoms with Crippen LogP contribution in [0.3, 0.4) is 0 Å². The molecular weight excluding hydrogens is 436 g/mol. The molecule has 0 bridgehead atoms. The van der Waals surface area contributed by atoms with Crippen molar-refractivity contribution >= 4 is 35.0 Å². The van der Waals surface area contributed by atoms with Crippen molar-refractivity contribution in [2.24, 2.45) is 0 Å². The van der Waals surface area contributed by atoms with Crippen molar-refractivity contribution in [3.05, 3.63) is 89.5 Å². The summed E-state index contributed by atoms with van der Waals surface area (Å²) in [6.07, 6.45) is 0. The van der Waals surface area contributed by atoms with Crippen LogP contribution in [-0.4, -0.2) is 27.8 Å². The van der Waals surface area contributed by atoms with Gasteiger partial charge in [-0.1, -0.05) is 60.3 Å². The molecular formula is C25H22N4O3S. The van der Waals surface area contributed by atoms with Gasteiger partial charge in [0.2, 0.25) is 5.91 Å². The molecule has 0 aliphatic carbocycles. The molecule has 0 saturated heterocycles. The lowest BCUT2D eigenvalue weighted by Gasteiger charge is -2.10. The average molecular weight is 459 g/mol. The predicted octanol–water partition coefficient (Wildman–Crippen LogP) is 5.34. The van der Waals surface area contributed by atoms with Gasteiger partial charge in [-0.2, -0.15) is 0 Å². The minimum absolute atomic E-state index is 0.127. The van der Waals surface area contributed by atoms with E-state index in [0.29, 0.717) is 16.8 Å². The lowest BCUT2D eigenvalue weighted by atomic mass is 10.1. The molecule has 0 saturated carbocycles. The third kappa shape index (κ3) is 5.48. The third-order valence-corrected chi connectivity index (χ3v) is 5.74. The molecule has 0 aliphatic rings. The second-order valence-corrected chi connectivity index (χ2v) is 8.27. The maximum absolute atomic E-state index is 12.6. The fourth-order valence-corrected chi connectivity index (χ4v) is 3.82. The zero-order valence-electron chi connectivity index (χ0n) is 18.2. The first-order chi connectivity index (χ1) is 16.0. The number of hydrogen-bond acceptors (Lipinski definition) is 6. The molecule has 4 aromatic rings. The highest BCUT2D eigenvalue weighted by atomic mass is 32.2. The van der Waals surface area contributed by atoms with E-state index in [1.165, 1.54) is 0 Å². The maximum atomic E-state index is 12.6. The van der Waals surface area contributed by atoms with Crippen LogP contribution in [0.25, 0.3) is 11.5 Å². The van der Waals surface area contributed by atoms with Gasteiger partial charge in [-0.25, -0.2) is 0 Å². The number of anilines is 2. The molecule has 2 amide bonds. The lowest BCUT2D eigenvalue weighted by molar-refractivity contribution is -0.113. The van der Waals surface area contributed by atoms with Gasteiger partial charge >= 0.3 is 0 Å². The molecule has 0 fully saturated rings. The van der Waals surface area contributed by atoms with Crippen LogP contribution in [0.2, 0.25) is 0 Å². The summed E-state index contributed by atoms with van der Waals surface area (Å²) < 4.78 is 5.76. The molecule has 2 N–H and O–H groups in total. The van der Waals surface area contributed by atoms with E-state index in [4.69, 9.17) is 4.42 Å². The van der Waals surface area contributed by atoms with Crippen LogP contribution in [0.15, 0.2) is 82.4 Å². The third-order valence-electron chi connectivity index (χ3n) is 4.92. The molecule has 0 radical (unpaired) electrons. The van der Waals surface area contributed by atoms with Crippen molar-refractivity contribution in [1.82, 2.24) is 10.2 Å². The SMILES string of the molecule is Cc1cccc(C)c1NC(=O)CSc1nnc(-c2ccccc2NC(=O)c2ccccc2)o1. The van der Waals surface area contributed by atoms with Crippen LogP contribution < -0.4 is 10.6 Å². The van der Waals surface area contributed by atoms with Crippen LogP contribution in [0, 0.1) is 13.8 Å². The summed E-state index contributed by atoms with van der Waals surface area (Å²) in [7, 11) is 0. The Morgan fingerprint density at radius 1 is 0.848 bits per heavy atom. The number of aromatic nitrogens is 2. The molecule has 33 heavy (non-hydrogen) atoms. The van der Waals surface area contributed by atoms with Crippen LogP contribution in [0.5, 0.6) is 0 Å². The van der Waals surface area contributed by atoms with E-state index in [1.54, 1.807) is 36.4 Å². The highest BCUT2D eigenvalue weighted by Crippen LogP contribution is 2.29. The lowest BCUT2D eigenvalue weighted by Crippen LogP contribution is -2.15. The Bertz CT molecular complexity index is 1270. The van der Waals surface area contributed by atoms with Crippen molar-refractivity contribution in [1.29, 1.82) is 0 Å². The Balaban J connectivity index is 1.42. The summed E-state index contributed by atoms with van der Waals surface area (Å²) in [5.74, 6) is -0.00782. The first kappa shape index (κ1) is 22.3. The van der Waals surface area contributed by atoms with Crippen LogP contribution in [-0.2, 0) is 4.79 Å². The van der Waals surface area contributed by atoms with E-state index >= 15 is 0 Å². The zero-order valence-corrected chi connectivity index (χ0v) is 19.0. The molecule has 1 aromatic heterocycles. The van der Waals surface area contributed by atoms with Gasteiger partial charge < -0.3 is 15.1 Å². The zero-order chi connectivity index (χ0) is 23.2. The first-order valence-electron chi connectivity index (χ1n) is 10.3. The largest absolute Gasteiger partial charge is 0.411 e. The number of hydrogen-bond donors (Lipinski definition) is 2. The summed E-state index contributed by atoms with van der Waals surface area (Å²) in [5, 5.41) is 14.2. The number of rotatable bonds is 7. The number of para-hydroxylation sites is 2. The first-order valence-corrected chi connectivity index (χ1v) is 11.3. The second-order valence-electron chi connectivity index (χ2n) is 7.34. The average Bonchev–Trinajstić information content (AvgIpc) is 3.30. The predicted molar refractivity (Wildman–Crippen MR) is 129 cm³/mol. The number of amides is 2. The highest BCUT2D eigenvalue weighted by Gasteiger charge is 2.16. The van der Waals surface area contributed by atoms with E-state index in [9.17, 15) is 9.59 Å². The smallest absolute Gasteiger partial charge is 0.277 e. The number of thioether (sulfide) groups is 1. The van der Waals surface area contributed by atoms with Crippen molar-refractivity contribution in [3.8, 4) is 11.5 Å². The number of carbonyl (C=O) groups is 2. The van der Waals surface area contributed by atoms with E-state index in [1.807, 2.05) is 50.2 Å². The standard InChI is InChI=1S/C25H22N4O3S/c1-16-9-8-10-17(2)22(16)27-21(30)15-33-25-29-28-24(32-25)19-13-6-7-14-20(19)26-23(31)18-11-4-3-5-12-18/h3-14H,15H2,1-2H3,(H,26,31)(H,27,30). The molecule has 3 aromatic carbocycles. The normalized spacial score (nSPS) is 10.6. The van der Waals surface area contributed by atoms with Gasteiger partial charge in [-0.05, 0) is 49.2 Å². The Morgan fingerprint density at radius 2 is 1.55 bits per heavy atom. The number of benzene rings is 3. The van der Waals surface area contributed by atoms with E-state index in [2.05, 4.69) is 20.8 Å². The maximum Gasteiger partial charge on any atom is 0.277 e. The molecule has 1 heterocycles. The molecule has 4 rings (SSSR count). The summed E-state index contributed by atoms with van der Waals surface area (Å²) in [6.45, 7) is 3.90. The Kier molecular flexibility index (Phi) is 6.85. The van der Waals surface area contributed by atoms with Crippen molar-refractivity contribution in [3.63, 3.8) is 0 Å². The summed E-state index contributed by atoms with van der Waals surface area (Å²) in [4.78, 5) is 25.0. The molecule has 0 spiro atoms. The number of carbonyl (C=O) groups excluding carboxylic acids is 2. The monoisotopic (exact) mass is 458 g/mol. The molecule has 0 atom stereocenters. The summed E-state index contributed by atoms with van der Waals surface area (Å²) in [5.41, 5.74) is 4.52. The van der Waals surface area contributed by atoms with Crippen LogP contribution >= 0.6 is 11.8 Å². The van der Waals surface area contributed by atoms with Crippen molar-refractivity contribution < 1.29 is 14.0 Å². The number of nitrogens with zero attached hydrogens (tertiary/aromatic N) is 2. The molecule has 8 heteroatoms. The fourth-order valence-electron chi connectivity index (χ4n) is 3.25. The molecule has 7 nitrogen and oxygen atoms in total. The topological polar surface area (TPSA) is 97.1 Å². The van der Waals surface area contributed by atoms with Gasteiger partial charge in [-0.15, -0.1) is 10.2 Å². The Morgan fingerprint density at radius 3 is 2.30 bits per heavy atom. The summed E-state index contributed by atoms with van der Waals surface area (Å²) in [6, 6.07) is 22.0. The van der Waals surface area contributed by atoms with E-state index in [0.717, 1.165) is 28.6 Å². The van der Waals surface area contributed by atoms with Gasteiger partial charge in [0, 0.05) is 11.3 Å². The Hall–Kier alpha value is -3.91. The second kappa shape index (κ2) is 10.1. The van der Waals surface area contributed by atoms with Gasteiger partial charge in [0.25, 0.3) is 17.0 Å². The minimum Gasteiger partial charge on any atom is -0.411 e. The summed E-state index contributed by atoms with van der Waals surface area (Å²) >= 11 is 1.15. The Labute approximate surface area is 195 Å².